The maximum absolute atomic E-state index is 13.3. The van der Waals surface area contributed by atoms with Gasteiger partial charge in [0.05, 0.1) is 19.3 Å². The number of ether oxygens (including phenoxy) is 1. The average molecular weight is 396 g/mol. The summed E-state index contributed by atoms with van der Waals surface area (Å²) in [5.74, 6) is -0.0227. The van der Waals surface area contributed by atoms with Crippen molar-refractivity contribution < 1.29 is 14.6 Å². The third-order valence-corrected chi connectivity index (χ3v) is 5.92. The number of nitrogens with zero attached hydrogens (tertiary/aromatic N) is 3. The van der Waals surface area contributed by atoms with Crippen LogP contribution >= 0.6 is 0 Å². The van der Waals surface area contributed by atoms with Crippen LogP contribution in [0, 0.1) is 0 Å². The molecule has 1 N–H and O–H groups in total. The SMILES string of the molecule is CN1CCN(c2ccc(C(=O)N3CCO[C@H](CO)[C@H]3c3ccccc3)cc2)CC1. The van der Waals surface area contributed by atoms with E-state index in [9.17, 15) is 9.90 Å². The van der Waals surface area contributed by atoms with Crippen LogP contribution in [0.25, 0.3) is 0 Å². The molecule has 0 radical (unpaired) electrons. The molecule has 1 amide bonds. The molecule has 2 fully saturated rings. The number of benzene rings is 2. The second-order valence-electron chi connectivity index (χ2n) is 7.78. The molecule has 2 atom stereocenters. The van der Waals surface area contributed by atoms with Crippen molar-refractivity contribution in [3.05, 3.63) is 65.7 Å². The molecular weight excluding hydrogens is 366 g/mol. The Morgan fingerprint density at radius 1 is 1.00 bits per heavy atom. The van der Waals surface area contributed by atoms with Crippen molar-refractivity contribution in [2.24, 2.45) is 0 Å². The van der Waals surface area contributed by atoms with Gasteiger partial charge in [-0.15, -0.1) is 0 Å². The minimum Gasteiger partial charge on any atom is -0.394 e. The number of aliphatic hydroxyl groups excluding tert-OH is 1. The molecule has 2 aliphatic rings. The molecule has 6 heteroatoms. The van der Waals surface area contributed by atoms with E-state index in [2.05, 4.69) is 16.8 Å². The van der Waals surface area contributed by atoms with E-state index in [0.717, 1.165) is 37.4 Å². The highest BCUT2D eigenvalue weighted by molar-refractivity contribution is 5.95. The summed E-state index contributed by atoms with van der Waals surface area (Å²) in [5, 5.41) is 9.82. The number of aliphatic hydroxyl groups is 1. The number of anilines is 1. The van der Waals surface area contributed by atoms with Gasteiger partial charge in [-0.25, -0.2) is 0 Å². The van der Waals surface area contributed by atoms with Crippen molar-refractivity contribution in [3.63, 3.8) is 0 Å². The number of amides is 1. The Balaban J connectivity index is 1.54. The number of carbonyl (C=O) groups is 1. The van der Waals surface area contributed by atoms with Crippen molar-refractivity contribution in [3.8, 4) is 0 Å². The topological polar surface area (TPSA) is 56.2 Å². The van der Waals surface area contributed by atoms with Crippen molar-refractivity contribution in [2.75, 3.05) is 57.9 Å². The summed E-state index contributed by atoms with van der Waals surface area (Å²) in [6, 6.07) is 17.4. The highest BCUT2D eigenvalue weighted by Crippen LogP contribution is 2.31. The normalized spacial score (nSPS) is 23.2. The molecule has 0 saturated carbocycles. The molecule has 0 aromatic heterocycles. The van der Waals surface area contributed by atoms with Crippen molar-refractivity contribution >= 4 is 11.6 Å². The quantitative estimate of drug-likeness (QED) is 0.858. The maximum atomic E-state index is 13.3. The molecule has 2 aromatic rings. The number of rotatable bonds is 4. The van der Waals surface area contributed by atoms with E-state index < -0.39 is 6.10 Å². The Morgan fingerprint density at radius 2 is 1.69 bits per heavy atom. The van der Waals surface area contributed by atoms with Gasteiger partial charge in [0, 0.05) is 44.0 Å². The zero-order valence-electron chi connectivity index (χ0n) is 16.9. The summed E-state index contributed by atoms with van der Waals surface area (Å²) in [5.41, 5.74) is 2.81. The summed E-state index contributed by atoms with van der Waals surface area (Å²) in [6.45, 7) is 4.93. The number of carbonyl (C=O) groups excluding carboxylic acids is 1. The predicted octanol–water partition coefficient (Wildman–Crippen LogP) is 2.01. The summed E-state index contributed by atoms with van der Waals surface area (Å²) in [6.07, 6.45) is -0.417. The largest absolute Gasteiger partial charge is 0.394 e. The lowest BCUT2D eigenvalue weighted by Crippen LogP contribution is -2.49. The summed E-state index contributed by atoms with van der Waals surface area (Å²) < 4.78 is 5.76. The molecule has 0 bridgehead atoms. The highest BCUT2D eigenvalue weighted by Gasteiger charge is 2.36. The van der Waals surface area contributed by atoms with E-state index in [1.54, 1.807) is 0 Å². The molecule has 6 nitrogen and oxygen atoms in total. The molecule has 2 saturated heterocycles. The van der Waals surface area contributed by atoms with E-state index in [4.69, 9.17) is 4.74 Å². The van der Waals surface area contributed by atoms with Crippen LogP contribution in [0.5, 0.6) is 0 Å². The smallest absolute Gasteiger partial charge is 0.254 e. The molecule has 2 aromatic carbocycles. The fourth-order valence-corrected chi connectivity index (χ4v) is 4.20. The van der Waals surface area contributed by atoms with Crippen molar-refractivity contribution in [1.82, 2.24) is 9.80 Å². The molecule has 4 rings (SSSR count). The van der Waals surface area contributed by atoms with Crippen LogP contribution in [0.15, 0.2) is 54.6 Å². The summed E-state index contributed by atoms with van der Waals surface area (Å²) in [7, 11) is 2.14. The maximum Gasteiger partial charge on any atom is 0.254 e. The average Bonchev–Trinajstić information content (AvgIpc) is 2.79. The van der Waals surface area contributed by atoms with Gasteiger partial charge in [0.1, 0.15) is 6.10 Å². The number of hydrogen-bond acceptors (Lipinski definition) is 5. The molecular formula is C23H29N3O3. The lowest BCUT2D eigenvalue weighted by molar-refractivity contribution is -0.0811. The fraction of sp³-hybridized carbons (Fsp3) is 0.435. The number of piperazine rings is 1. The Bertz CT molecular complexity index is 804. The highest BCUT2D eigenvalue weighted by atomic mass is 16.5. The molecule has 29 heavy (non-hydrogen) atoms. The Morgan fingerprint density at radius 3 is 2.34 bits per heavy atom. The van der Waals surface area contributed by atoms with Crippen LogP contribution in [0.4, 0.5) is 5.69 Å². The van der Waals surface area contributed by atoms with Gasteiger partial charge in [0.2, 0.25) is 0 Å². The first-order chi connectivity index (χ1) is 14.2. The first kappa shape index (κ1) is 19.9. The van der Waals surface area contributed by atoms with E-state index >= 15 is 0 Å². The first-order valence-electron chi connectivity index (χ1n) is 10.3. The molecule has 154 valence electrons. The van der Waals surface area contributed by atoms with Gasteiger partial charge in [0.25, 0.3) is 5.91 Å². The lowest BCUT2D eigenvalue weighted by atomic mass is 9.97. The van der Waals surface area contributed by atoms with Gasteiger partial charge in [-0.2, -0.15) is 0 Å². The second-order valence-corrected chi connectivity index (χ2v) is 7.78. The Kier molecular flexibility index (Phi) is 6.13. The van der Waals surface area contributed by atoms with E-state index in [1.807, 2.05) is 59.5 Å². The standard InChI is InChI=1S/C23H29N3O3/c1-24-11-13-25(14-12-24)20-9-7-19(8-10-20)23(28)26-15-16-29-21(17-27)22(26)18-5-3-2-4-6-18/h2-10,21-22,27H,11-17H2,1H3/t21-,22-/m1/s1. The Hall–Kier alpha value is -2.41. The Labute approximate surface area is 172 Å². The minimum absolute atomic E-state index is 0.0227. The third-order valence-electron chi connectivity index (χ3n) is 5.92. The van der Waals surface area contributed by atoms with Crippen LogP contribution in [0.1, 0.15) is 22.0 Å². The van der Waals surface area contributed by atoms with Gasteiger partial charge >= 0.3 is 0 Å². The van der Waals surface area contributed by atoms with Crippen molar-refractivity contribution in [1.29, 1.82) is 0 Å². The third kappa shape index (κ3) is 4.29. The molecule has 0 spiro atoms. The van der Waals surface area contributed by atoms with Crippen LogP contribution in [0.2, 0.25) is 0 Å². The summed E-state index contributed by atoms with van der Waals surface area (Å²) >= 11 is 0. The van der Waals surface area contributed by atoms with Gasteiger partial charge < -0.3 is 24.5 Å². The van der Waals surface area contributed by atoms with Crippen LogP contribution < -0.4 is 4.90 Å². The van der Waals surface area contributed by atoms with E-state index in [1.165, 1.54) is 0 Å². The van der Waals surface area contributed by atoms with Crippen molar-refractivity contribution in [2.45, 2.75) is 12.1 Å². The van der Waals surface area contributed by atoms with E-state index in [-0.39, 0.29) is 18.6 Å². The predicted molar refractivity (Wildman–Crippen MR) is 113 cm³/mol. The monoisotopic (exact) mass is 395 g/mol. The molecule has 2 heterocycles. The molecule has 0 unspecified atom stereocenters. The molecule has 2 aliphatic heterocycles. The number of morpholine rings is 1. The second kappa shape index (κ2) is 8.95. The first-order valence-corrected chi connectivity index (χ1v) is 10.3. The van der Waals surface area contributed by atoms with E-state index in [0.29, 0.717) is 18.7 Å². The lowest BCUT2D eigenvalue weighted by Gasteiger charge is -2.41. The minimum atomic E-state index is -0.417. The van der Waals surface area contributed by atoms with Crippen LogP contribution in [0.3, 0.4) is 0 Å². The van der Waals surface area contributed by atoms with Gasteiger partial charge in [0.15, 0.2) is 0 Å². The van der Waals surface area contributed by atoms with Gasteiger partial charge in [-0.3, -0.25) is 4.79 Å². The van der Waals surface area contributed by atoms with Crippen LogP contribution in [-0.4, -0.2) is 79.9 Å². The number of likely N-dealkylation sites (N-methyl/N-ethyl adjacent to an activating group) is 1. The zero-order valence-corrected chi connectivity index (χ0v) is 16.9. The number of hydrogen-bond donors (Lipinski definition) is 1. The van der Waals surface area contributed by atoms with Crippen LogP contribution in [-0.2, 0) is 4.74 Å². The fourth-order valence-electron chi connectivity index (χ4n) is 4.20. The van der Waals surface area contributed by atoms with Gasteiger partial charge in [-0.1, -0.05) is 30.3 Å². The summed E-state index contributed by atoms with van der Waals surface area (Å²) in [4.78, 5) is 19.9. The molecule has 0 aliphatic carbocycles. The van der Waals surface area contributed by atoms with Gasteiger partial charge in [-0.05, 0) is 36.9 Å². The zero-order chi connectivity index (χ0) is 20.2.